The highest BCUT2D eigenvalue weighted by atomic mass is 32.2. The molecule has 128 valence electrons. The highest BCUT2D eigenvalue weighted by Crippen LogP contribution is 2.22. The third-order valence-electron chi connectivity index (χ3n) is 4.29. The Bertz CT molecular complexity index is 775. The second-order valence-corrected chi connectivity index (χ2v) is 7.72. The van der Waals surface area contributed by atoms with Crippen molar-refractivity contribution >= 4 is 15.7 Å². The van der Waals surface area contributed by atoms with Crippen LogP contribution in [0.25, 0.3) is 0 Å². The minimum Gasteiger partial charge on any atom is -0.370 e. The molecule has 0 aliphatic carbocycles. The molecular formula is C17H20FN3O2S. The van der Waals surface area contributed by atoms with Crippen molar-refractivity contribution in [1.29, 1.82) is 0 Å². The molecule has 5 nitrogen and oxygen atoms in total. The van der Waals surface area contributed by atoms with Crippen molar-refractivity contribution in [2.75, 3.05) is 24.5 Å². The van der Waals surface area contributed by atoms with Crippen LogP contribution in [-0.4, -0.2) is 33.0 Å². The number of piperidine rings is 1. The predicted molar refractivity (Wildman–Crippen MR) is 90.8 cm³/mol. The van der Waals surface area contributed by atoms with Crippen LogP contribution in [0.1, 0.15) is 12.8 Å². The van der Waals surface area contributed by atoms with Crippen LogP contribution in [0.15, 0.2) is 53.7 Å². The maximum atomic E-state index is 13.2. The van der Waals surface area contributed by atoms with Gasteiger partial charge in [0.2, 0.25) is 10.0 Å². The van der Waals surface area contributed by atoms with E-state index in [0.29, 0.717) is 6.54 Å². The Kier molecular flexibility index (Phi) is 5.11. The molecule has 0 saturated carbocycles. The van der Waals surface area contributed by atoms with Gasteiger partial charge in [-0.25, -0.2) is 17.5 Å². The number of sulfonamides is 1. The fraction of sp³-hybridized carbons (Fsp3) is 0.353. The summed E-state index contributed by atoms with van der Waals surface area (Å²) in [6, 6.07) is 9.00. The van der Waals surface area contributed by atoms with Gasteiger partial charge in [0, 0.05) is 25.8 Å². The Hall–Kier alpha value is -1.99. The van der Waals surface area contributed by atoms with Gasteiger partial charge in [-0.1, -0.05) is 6.07 Å². The Morgan fingerprint density at radius 2 is 2.00 bits per heavy atom. The molecule has 0 unspecified atom stereocenters. The second kappa shape index (κ2) is 7.27. The van der Waals surface area contributed by atoms with Gasteiger partial charge in [-0.05, 0) is 49.1 Å². The molecule has 1 aromatic heterocycles. The summed E-state index contributed by atoms with van der Waals surface area (Å²) < 4.78 is 40.2. The van der Waals surface area contributed by atoms with Crippen LogP contribution >= 0.6 is 0 Å². The van der Waals surface area contributed by atoms with E-state index >= 15 is 0 Å². The molecule has 24 heavy (non-hydrogen) atoms. The number of pyridine rings is 1. The van der Waals surface area contributed by atoms with Crippen LogP contribution < -0.4 is 9.62 Å². The summed E-state index contributed by atoms with van der Waals surface area (Å²) in [6.45, 7) is 2.12. The molecule has 2 heterocycles. The minimum absolute atomic E-state index is 0.0321. The van der Waals surface area contributed by atoms with E-state index in [1.165, 1.54) is 18.2 Å². The van der Waals surface area contributed by atoms with Crippen LogP contribution in [0.4, 0.5) is 10.1 Å². The molecule has 1 N–H and O–H groups in total. The fourth-order valence-electron chi connectivity index (χ4n) is 2.88. The quantitative estimate of drug-likeness (QED) is 0.900. The van der Waals surface area contributed by atoms with Gasteiger partial charge in [0.05, 0.1) is 16.8 Å². The monoisotopic (exact) mass is 349 g/mol. The normalized spacial score (nSPS) is 16.3. The number of aromatic nitrogens is 1. The van der Waals surface area contributed by atoms with Crippen LogP contribution in [0.2, 0.25) is 0 Å². The molecule has 1 aliphatic heterocycles. The highest BCUT2D eigenvalue weighted by Gasteiger charge is 2.22. The van der Waals surface area contributed by atoms with E-state index in [4.69, 9.17) is 0 Å². The van der Waals surface area contributed by atoms with Crippen molar-refractivity contribution in [1.82, 2.24) is 9.71 Å². The first-order chi connectivity index (χ1) is 11.5. The number of nitrogens with zero attached hydrogens (tertiary/aromatic N) is 2. The maximum Gasteiger partial charge on any atom is 0.240 e. The van der Waals surface area contributed by atoms with E-state index in [9.17, 15) is 12.8 Å². The van der Waals surface area contributed by atoms with Crippen molar-refractivity contribution in [2.24, 2.45) is 5.92 Å². The molecule has 3 rings (SSSR count). The predicted octanol–water partition coefficient (Wildman–Crippen LogP) is 2.42. The van der Waals surface area contributed by atoms with Crippen molar-refractivity contribution < 1.29 is 12.8 Å². The van der Waals surface area contributed by atoms with Gasteiger partial charge >= 0.3 is 0 Å². The van der Waals surface area contributed by atoms with Crippen molar-refractivity contribution in [3.63, 3.8) is 0 Å². The lowest BCUT2D eigenvalue weighted by atomic mass is 9.97. The minimum atomic E-state index is -3.66. The molecule has 0 bridgehead atoms. The lowest BCUT2D eigenvalue weighted by Crippen LogP contribution is -2.38. The van der Waals surface area contributed by atoms with Crippen LogP contribution in [-0.2, 0) is 10.0 Å². The molecule has 1 saturated heterocycles. The van der Waals surface area contributed by atoms with E-state index in [-0.39, 0.29) is 10.8 Å². The zero-order chi connectivity index (χ0) is 17.0. The van der Waals surface area contributed by atoms with Gasteiger partial charge in [0.15, 0.2) is 0 Å². The van der Waals surface area contributed by atoms with Crippen LogP contribution in [0.5, 0.6) is 0 Å². The fourth-order valence-corrected chi connectivity index (χ4v) is 4.03. The molecule has 1 aromatic carbocycles. The molecule has 2 aromatic rings. The Balaban J connectivity index is 1.53. The van der Waals surface area contributed by atoms with Gasteiger partial charge in [0.25, 0.3) is 0 Å². The third kappa shape index (κ3) is 4.10. The van der Waals surface area contributed by atoms with Crippen molar-refractivity contribution in [3.8, 4) is 0 Å². The number of nitrogens with one attached hydrogen (secondary N) is 1. The van der Waals surface area contributed by atoms with Gasteiger partial charge in [-0.2, -0.15) is 0 Å². The Labute approximate surface area is 141 Å². The zero-order valence-corrected chi connectivity index (χ0v) is 14.0. The largest absolute Gasteiger partial charge is 0.370 e. The van der Waals surface area contributed by atoms with E-state index in [0.717, 1.165) is 37.7 Å². The van der Waals surface area contributed by atoms with Crippen LogP contribution in [0, 0.1) is 11.7 Å². The number of halogens is 1. The molecular weight excluding hydrogens is 329 g/mol. The third-order valence-corrected chi connectivity index (χ3v) is 5.72. The molecule has 0 amide bonds. The van der Waals surface area contributed by atoms with Gasteiger partial charge in [-0.15, -0.1) is 0 Å². The van der Waals surface area contributed by atoms with E-state index in [2.05, 4.69) is 14.6 Å². The maximum absolute atomic E-state index is 13.2. The van der Waals surface area contributed by atoms with Gasteiger partial charge in [-0.3, -0.25) is 4.98 Å². The highest BCUT2D eigenvalue weighted by molar-refractivity contribution is 7.89. The first-order valence-corrected chi connectivity index (χ1v) is 9.43. The Morgan fingerprint density at radius 1 is 1.21 bits per heavy atom. The molecule has 0 radical (unpaired) electrons. The lowest BCUT2D eigenvalue weighted by molar-refractivity contribution is 0.402. The molecule has 0 spiro atoms. The number of hydrogen-bond acceptors (Lipinski definition) is 4. The summed E-state index contributed by atoms with van der Waals surface area (Å²) >= 11 is 0. The Morgan fingerprint density at radius 3 is 2.67 bits per heavy atom. The number of hydrogen-bond donors (Lipinski definition) is 1. The number of benzene rings is 1. The first-order valence-electron chi connectivity index (χ1n) is 7.95. The molecule has 7 heteroatoms. The van der Waals surface area contributed by atoms with Crippen molar-refractivity contribution in [2.45, 2.75) is 17.7 Å². The SMILES string of the molecule is O=S(=O)(NCC1CCN(c2cccnc2)CC1)c1cccc(F)c1. The number of rotatable bonds is 5. The van der Waals surface area contributed by atoms with E-state index < -0.39 is 15.8 Å². The zero-order valence-electron chi connectivity index (χ0n) is 13.2. The summed E-state index contributed by atoms with van der Waals surface area (Å²) in [5.74, 6) is -0.274. The number of anilines is 1. The summed E-state index contributed by atoms with van der Waals surface area (Å²) in [5.41, 5.74) is 1.09. The smallest absolute Gasteiger partial charge is 0.240 e. The van der Waals surface area contributed by atoms with Gasteiger partial charge < -0.3 is 4.90 Å². The summed E-state index contributed by atoms with van der Waals surface area (Å²) in [4.78, 5) is 6.35. The van der Waals surface area contributed by atoms with E-state index in [1.807, 2.05) is 18.3 Å². The van der Waals surface area contributed by atoms with Gasteiger partial charge in [0.1, 0.15) is 5.82 Å². The first kappa shape index (κ1) is 16.9. The molecule has 1 aliphatic rings. The average Bonchev–Trinajstić information content (AvgIpc) is 2.61. The summed E-state index contributed by atoms with van der Waals surface area (Å²) in [7, 11) is -3.66. The summed E-state index contributed by atoms with van der Waals surface area (Å²) in [6.07, 6.45) is 5.39. The van der Waals surface area contributed by atoms with E-state index in [1.54, 1.807) is 6.20 Å². The molecule has 0 atom stereocenters. The topological polar surface area (TPSA) is 62.3 Å². The second-order valence-electron chi connectivity index (χ2n) is 5.95. The van der Waals surface area contributed by atoms with Crippen LogP contribution in [0.3, 0.4) is 0 Å². The van der Waals surface area contributed by atoms with Crippen molar-refractivity contribution in [3.05, 3.63) is 54.6 Å². The average molecular weight is 349 g/mol. The summed E-state index contributed by atoms with van der Waals surface area (Å²) in [5, 5.41) is 0. The molecule has 1 fully saturated rings. The standard InChI is InChI=1S/C17H20FN3O2S/c18-15-3-1-5-17(11-15)24(22,23)20-12-14-6-9-21(10-7-14)16-4-2-8-19-13-16/h1-5,8,11,13-14,20H,6-7,9-10,12H2. The lowest BCUT2D eigenvalue weighted by Gasteiger charge is -2.33.